The third kappa shape index (κ3) is 5.31. The number of aliphatic hydroxyl groups excluding tert-OH is 1. The number of Topliss-reactive ketones (excluding diaryl/α,β-unsaturated/α-hetero) is 1. The molecule has 0 saturated carbocycles. The number of phenolic OH excluding ortho intramolecular Hbond substituents is 2. The summed E-state index contributed by atoms with van der Waals surface area (Å²) < 4.78 is 29.5. The monoisotopic (exact) mass is 627 g/mol. The summed E-state index contributed by atoms with van der Waals surface area (Å²) >= 11 is 0. The second-order valence-corrected chi connectivity index (χ2v) is 12.1. The fourth-order valence-electron chi connectivity index (χ4n) is 6.95. The number of hydrogen-bond acceptors (Lipinski definition) is 13. The average Bonchev–Trinajstić information content (AvgIpc) is 3.02. The van der Waals surface area contributed by atoms with Gasteiger partial charge in [0.1, 0.15) is 35.6 Å². The first-order valence-electron chi connectivity index (χ1n) is 15.1. The van der Waals surface area contributed by atoms with E-state index in [1.807, 2.05) is 0 Å². The molecule has 4 aliphatic rings. The molecule has 2 aromatic carbocycles. The van der Waals surface area contributed by atoms with Crippen LogP contribution < -0.4 is 10.5 Å². The van der Waals surface area contributed by atoms with E-state index in [2.05, 4.69) is 0 Å². The van der Waals surface area contributed by atoms with E-state index in [1.54, 1.807) is 6.92 Å². The third-order valence-electron chi connectivity index (χ3n) is 9.22. The summed E-state index contributed by atoms with van der Waals surface area (Å²) in [5.41, 5.74) is 2.98. The molecule has 0 amide bonds. The summed E-state index contributed by atoms with van der Waals surface area (Å²) in [4.78, 5) is 40.2. The summed E-state index contributed by atoms with van der Waals surface area (Å²) in [6.07, 6.45) is -2.03. The van der Waals surface area contributed by atoms with Crippen molar-refractivity contribution in [3.05, 3.63) is 51.6 Å². The number of aliphatic hydroxyl groups is 2. The fraction of sp³-hybridized carbons (Fsp3) is 0.531. The molecule has 45 heavy (non-hydrogen) atoms. The van der Waals surface area contributed by atoms with Crippen LogP contribution in [0.25, 0.3) is 0 Å². The van der Waals surface area contributed by atoms with Gasteiger partial charge in [-0.3, -0.25) is 14.4 Å². The van der Waals surface area contributed by atoms with Crippen LogP contribution in [-0.2, 0) is 30.2 Å². The van der Waals surface area contributed by atoms with E-state index in [1.165, 1.54) is 25.3 Å². The van der Waals surface area contributed by atoms with Crippen LogP contribution in [0.2, 0.25) is 0 Å². The third-order valence-corrected chi connectivity index (χ3v) is 9.22. The zero-order chi connectivity index (χ0) is 32.2. The highest BCUT2D eigenvalue weighted by atomic mass is 16.7. The second-order valence-electron chi connectivity index (χ2n) is 12.1. The minimum Gasteiger partial charge on any atom is -0.507 e. The Morgan fingerprint density at radius 2 is 1.82 bits per heavy atom. The molecule has 2 aliphatic heterocycles. The number of carbonyl (C=O) groups excluding carboxylic acids is 3. The second kappa shape index (κ2) is 12.1. The zero-order valence-electron chi connectivity index (χ0n) is 25.0. The lowest BCUT2D eigenvalue weighted by atomic mass is 9.72. The Morgan fingerprint density at radius 3 is 2.49 bits per heavy atom. The molecule has 0 aromatic heterocycles. The van der Waals surface area contributed by atoms with Crippen molar-refractivity contribution >= 4 is 17.3 Å². The number of ketones is 3. The van der Waals surface area contributed by atoms with Crippen LogP contribution in [0, 0.1) is 0 Å². The number of phenols is 2. The predicted molar refractivity (Wildman–Crippen MR) is 154 cm³/mol. The van der Waals surface area contributed by atoms with E-state index < -0.39 is 102 Å². The van der Waals surface area contributed by atoms with E-state index >= 15 is 0 Å². The van der Waals surface area contributed by atoms with Gasteiger partial charge in [0.05, 0.1) is 36.0 Å². The van der Waals surface area contributed by atoms with Crippen molar-refractivity contribution in [2.45, 2.75) is 88.0 Å². The van der Waals surface area contributed by atoms with Crippen LogP contribution in [0.4, 0.5) is 0 Å². The molecular weight excluding hydrogens is 590 g/mol. The van der Waals surface area contributed by atoms with Gasteiger partial charge in [-0.05, 0) is 32.3 Å². The van der Waals surface area contributed by atoms with Crippen LogP contribution in [0.5, 0.6) is 17.2 Å². The van der Waals surface area contributed by atoms with Crippen LogP contribution in [0.1, 0.15) is 88.1 Å². The summed E-state index contributed by atoms with van der Waals surface area (Å²) in [6.45, 7) is 1.35. The molecule has 2 fully saturated rings. The molecule has 2 saturated heterocycles. The maximum atomic E-state index is 13.8. The van der Waals surface area contributed by atoms with E-state index in [0.29, 0.717) is 6.61 Å². The van der Waals surface area contributed by atoms with E-state index in [0.717, 1.165) is 19.3 Å². The Hall–Kier alpha value is -3.43. The molecule has 13 nitrogen and oxygen atoms in total. The van der Waals surface area contributed by atoms with Gasteiger partial charge in [0.25, 0.3) is 0 Å². The minimum atomic E-state index is -2.24. The highest BCUT2D eigenvalue weighted by Gasteiger charge is 2.50. The molecule has 242 valence electrons. The summed E-state index contributed by atoms with van der Waals surface area (Å²) in [5.74, 6) is -3.67. The quantitative estimate of drug-likeness (QED) is 0.236. The molecule has 2 heterocycles. The van der Waals surface area contributed by atoms with E-state index in [-0.39, 0.29) is 34.4 Å². The molecular formula is C32H37NO12. The van der Waals surface area contributed by atoms with Crippen LogP contribution in [0.15, 0.2) is 18.2 Å². The van der Waals surface area contributed by atoms with Gasteiger partial charge in [-0.25, -0.2) is 0 Å². The lowest BCUT2D eigenvalue weighted by Gasteiger charge is -2.43. The molecule has 6 rings (SSSR count). The SMILES string of the molecule is COc1cccc2c1C(=O)c1c(O)c3c(c(O)c1C2=O)C[C@@](O)(C(=O)CO)C[C@@H]3O[C@H]1C[C@H](N)C(OC2CCCCO2)[C@H](C)O1. The predicted octanol–water partition coefficient (Wildman–Crippen LogP) is 1.55. The molecule has 7 atom stereocenters. The Balaban J connectivity index is 1.38. The van der Waals surface area contributed by atoms with Crippen molar-refractivity contribution in [3.63, 3.8) is 0 Å². The number of rotatable bonds is 7. The van der Waals surface area contributed by atoms with Gasteiger partial charge >= 0.3 is 0 Å². The Labute approximate surface area is 258 Å². The van der Waals surface area contributed by atoms with Crippen molar-refractivity contribution in [2.24, 2.45) is 5.73 Å². The number of hydrogen-bond donors (Lipinski definition) is 5. The minimum absolute atomic E-state index is 0.0409. The van der Waals surface area contributed by atoms with E-state index in [9.17, 15) is 34.8 Å². The molecule has 0 radical (unpaired) electrons. The molecule has 0 bridgehead atoms. The van der Waals surface area contributed by atoms with Gasteiger partial charge in [0.15, 0.2) is 24.1 Å². The highest BCUT2D eigenvalue weighted by Crippen LogP contribution is 2.52. The smallest absolute Gasteiger partial charge is 0.202 e. The summed E-state index contributed by atoms with van der Waals surface area (Å²) in [6, 6.07) is 3.86. The maximum Gasteiger partial charge on any atom is 0.202 e. The molecule has 2 aromatic rings. The van der Waals surface area contributed by atoms with Gasteiger partial charge < -0.3 is 49.8 Å². The molecule has 2 aliphatic carbocycles. The topological polar surface area (TPSA) is 204 Å². The number of benzene rings is 2. The average molecular weight is 628 g/mol. The van der Waals surface area contributed by atoms with Gasteiger partial charge in [-0.15, -0.1) is 0 Å². The van der Waals surface area contributed by atoms with Crippen molar-refractivity contribution in [1.82, 2.24) is 0 Å². The zero-order valence-corrected chi connectivity index (χ0v) is 25.0. The lowest BCUT2D eigenvalue weighted by Crippen LogP contribution is -2.55. The number of nitrogens with two attached hydrogens (primary N) is 1. The van der Waals surface area contributed by atoms with Gasteiger partial charge in [0, 0.05) is 48.6 Å². The number of ether oxygens (including phenoxy) is 5. The largest absolute Gasteiger partial charge is 0.507 e. The van der Waals surface area contributed by atoms with Gasteiger partial charge in [-0.1, -0.05) is 12.1 Å². The molecule has 0 spiro atoms. The Kier molecular flexibility index (Phi) is 8.46. The normalized spacial score (nSPS) is 31.1. The van der Waals surface area contributed by atoms with Crippen molar-refractivity contribution in [1.29, 1.82) is 0 Å². The lowest BCUT2D eigenvalue weighted by molar-refractivity contribution is -0.281. The van der Waals surface area contributed by atoms with Crippen molar-refractivity contribution in [3.8, 4) is 17.2 Å². The van der Waals surface area contributed by atoms with Crippen LogP contribution in [-0.4, -0.2) is 94.5 Å². The van der Waals surface area contributed by atoms with E-state index in [4.69, 9.17) is 29.4 Å². The van der Waals surface area contributed by atoms with Crippen molar-refractivity contribution < 1.29 is 58.5 Å². The van der Waals surface area contributed by atoms with Gasteiger partial charge in [0.2, 0.25) is 5.78 Å². The number of aromatic hydroxyl groups is 2. The first kappa shape index (κ1) is 31.5. The Bertz CT molecular complexity index is 1520. The first-order chi connectivity index (χ1) is 21.5. The van der Waals surface area contributed by atoms with Gasteiger partial charge in [-0.2, -0.15) is 0 Å². The molecule has 2 unspecified atom stereocenters. The standard InChI is InChI=1S/C32H37NO12/c1-14-31(45-21-8-3-4-9-42-21)17(33)10-22(43-14)44-19-12-32(40,20(35)13-34)11-16-24(19)30(39)26-25(28(16)37)27(36)15-6-5-7-18(41-2)23(15)29(26)38/h5-7,14,17,19,21-22,31,34,37,39-40H,3-4,8-13,33H2,1-2H3/t14-,17-,19-,21?,22-,31?,32-/m0/s1. The number of carbonyl (C=O) groups is 3. The summed E-state index contributed by atoms with van der Waals surface area (Å²) in [7, 11) is 1.34. The highest BCUT2D eigenvalue weighted by molar-refractivity contribution is 6.31. The maximum absolute atomic E-state index is 13.8. The van der Waals surface area contributed by atoms with Crippen LogP contribution in [0.3, 0.4) is 0 Å². The van der Waals surface area contributed by atoms with Crippen molar-refractivity contribution in [2.75, 3.05) is 20.3 Å². The fourth-order valence-corrected chi connectivity index (χ4v) is 6.95. The number of methoxy groups -OCH3 is 1. The Morgan fingerprint density at radius 1 is 1.07 bits per heavy atom. The molecule has 13 heteroatoms. The summed E-state index contributed by atoms with van der Waals surface area (Å²) in [5, 5.41) is 44.2. The van der Waals surface area contributed by atoms with Crippen LogP contribution >= 0.6 is 0 Å². The first-order valence-corrected chi connectivity index (χ1v) is 15.1. The molecule has 6 N–H and O–H groups in total. The number of fused-ring (bicyclic) bond motifs is 3.